The van der Waals surface area contributed by atoms with Crippen molar-refractivity contribution in [1.82, 2.24) is 30.3 Å². The summed E-state index contributed by atoms with van der Waals surface area (Å²) >= 11 is 6.11. The van der Waals surface area contributed by atoms with Gasteiger partial charge in [-0.05, 0) is 68.7 Å². The number of nitrogens with zero attached hydrogens (tertiary/aromatic N) is 7. The van der Waals surface area contributed by atoms with Crippen LogP contribution in [0.3, 0.4) is 0 Å². The highest BCUT2D eigenvalue weighted by molar-refractivity contribution is 6.30. The molecule has 3 fully saturated rings. The SMILES string of the molecule is Cc1nc([C@H](C)n2cc(C(=O)NC3CC(c4cc(Cl)ccc4C#N)C3)nn2)cnc1N1C[C@H]2C[C@H]2C1=O. The highest BCUT2D eigenvalue weighted by Gasteiger charge is 2.53. The Kier molecular flexibility index (Phi) is 5.68. The Morgan fingerprint density at radius 3 is 2.81 bits per heavy atom. The average Bonchev–Trinajstić information content (AvgIpc) is 3.32. The largest absolute Gasteiger partial charge is 0.348 e. The number of aryl methyl sites for hydroxylation is 1. The van der Waals surface area contributed by atoms with Crippen molar-refractivity contribution in [1.29, 1.82) is 5.26 Å². The van der Waals surface area contributed by atoms with Gasteiger partial charge in [0.1, 0.15) is 0 Å². The van der Waals surface area contributed by atoms with Crippen LogP contribution >= 0.6 is 11.6 Å². The minimum Gasteiger partial charge on any atom is -0.348 e. The molecule has 0 unspecified atom stereocenters. The Labute approximate surface area is 218 Å². The molecule has 1 N–H and O–H groups in total. The van der Waals surface area contributed by atoms with Crippen molar-refractivity contribution in [2.75, 3.05) is 11.4 Å². The van der Waals surface area contributed by atoms with Gasteiger partial charge in [-0.15, -0.1) is 5.10 Å². The van der Waals surface area contributed by atoms with Gasteiger partial charge in [0.05, 0.1) is 41.5 Å². The molecule has 2 amide bonds. The van der Waals surface area contributed by atoms with E-state index in [1.54, 1.807) is 34.1 Å². The van der Waals surface area contributed by atoms with Crippen LogP contribution < -0.4 is 10.2 Å². The minimum atomic E-state index is -0.294. The van der Waals surface area contributed by atoms with Gasteiger partial charge in [0.15, 0.2) is 11.5 Å². The third kappa shape index (κ3) is 4.23. The van der Waals surface area contributed by atoms with E-state index in [9.17, 15) is 14.9 Å². The fourth-order valence-electron chi connectivity index (χ4n) is 5.35. The molecule has 0 spiro atoms. The van der Waals surface area contributed by atoms with Gasteiger partial charge in [0.2, 0.25) is 5.91 Å². The second-order valence-corrected chi connectivity index (χ2v) is 10.6. The van der Waals surface area contributed by atoms with E-state index in [4.69, 9.17) is 11.6 Å². The fraction of sp³-hybridized carbons (Fsp3) is 0.423. The monoisotopic (exact) mass is 516 g/mol. The zero-order chi connectivity index (χ0) is 25.8. The van der Waals surface area contributed by atoms with E-state index >= 15 is 0 Å². The number of carbonyl (C=O) groups is 2. The Hall–Kier alpha value is -3.84. The summed E-state index contributed by atoms with van der Waals surface area (Å²) in [6, 6.07) is 7.19. The predicted molar refractivity (Wildman–Crippen MR) is 134 cm³/mol. The first-order valence-corrected chi connectivity index (χ1v) is 12.8. The summed E-state index contributed by atoms with van der Waals surface area (Å²) in [6.45, 7) is 4.48. The van der Waals surface area contributed by atoms with Crippen molar-refractivity contribution < 1.29 is 9.59 Å². The number of amides is 2. The zero-order valence-corrected chi connectivity index (χ0v) is 21.2. The molecule has 0 bridgehead atoms. The number of nitriles is 1. The molecular weight excluding hydrogens is 492 g/mol. The summed E-state index contributed by atoms with van der Waals surface area (Å²) in [6.07, 6.45) is 5.71. The summed E-state index contributed by atoms with van der Waals surface area (Å²) in [7, 11) is 0. The maximum absolute atomic E-state index is 12.8. The molecule has 3 aliphatic rings. The van der Waals surface area contributed by atoms with E-state index in [1.807, 2.05) is 19.9 Å². The van der Waals surface area contributed by atoms with Gasteiger partial charge in [0, 0.05) is 23.5 Å². The number of piperidine rings is 1. The number of hydrogen-bond donors (Lipinski definition) is 1. The quantitative estimate of drug-likeness (QED) is 0.532. The van der Waals surface area contributed by atoms with Crippen LogP contribution in [0.1, 0.15) is 71.1 Å². The Morgan fingerprint density at radius 1 is 1.30 bits per heavy atom. The fourth-order valence-corrected chi connectivity index (χ4v) is 5.54. The number of benzene rings is 1. The van der Waals surface area contributed by atoms with Crippen LogP contribution in [0.4, 0.5) is 5.82 Å². The molecule has 2 aliphatic carbocycles. The molecule has 10 nitrogen and oxygen atoms in total. The third-order valence-electron chi connectivity index (χ3n) is 7.73. The lowest BCUT2D eigenvalue weighted by atomic mass is 9.74. The second-order valence-electron chi connectivity index (χ2n) is 10.2. The first-order valence-electron chi connectivity index (χ1n) is 12.4. The summed E-state index contributed by atoms with van der Waals surface area (Å²) in [5, 5.41) is 21.2. The number of carbonyl (C=O) groups excluding carboxylic acids is 2. The molecule has 3 atom stereocenters. The molecule has 37 heavy (non-hydrogen) atoms. The molecule has 3 aromatic rings. The first kappa shape index (κ1) is 23.6. The lowest BCUT2D eigenvalue weighted by Gasteiger charge is -2.36. The summed E-state index contributed by atoms with van der Waals surface area (Å²) in [5.74, 6) is 1.27. The van der Waals surface area contributed by atoms with Crippen LogP contribution in [0.25, 0.3) is 0 Å². The minimum absolute atomic E-state index is 0.00834. The lowest BCUT2D eigenvalue weighted by molar-refractivity contribution is -0.118. The molecule has 3 heterocycles. The highest BCUT2D eigenvalue weighted by atomic mass is 35.5. The van der Waals surface area contributed by atoms with E-state index < -0.39 is 0 Å². The zero-order valence-electron chi connectivity index (χ0n) is 20.4. The number of aromatic nitrogens is 5. The maximum atomic E-state index is 12.8. The van der Waals surface area contributed by atoms with E-state index in [0.717, 1.165) is 31.4 Å². The van der Waals surface area contributed by atoms with Crippen LogP contribution in [0, 0.1) is 30.1 Å². The van der Waals surface area contributed by atoms with Gasteiger partial charge < -0.3 is 5.32 Å². The van der Waals surface area contributed by atoms with Crippen molar-refractivity contribution in [2.45, 2.75) is 51.1 Å². The Morgan fingerprint density at radius 2 is 2.11 bits per heavy atom. The molecule has 1 aromatic carbocycles. The van der Waals surface area contributed by atoms with Crippen molar-refractivity contribution in [2.24, 2.45) is 11.8 Å². The summed E-state index contributed by atoms with van der Waals surface area (Å²) in [5.41, 5.74) is 3.13. The summed E-state index contributed by atoms with van der Waals surface area (Å²) in [4.78, 5) is 36.2. The Balaban J connectivity index is 1.08. The van der Waals surface area contributed by atoms with Crippen LogP contribution in [-0.4, -0.2) is 49.4 Å². The standard InChI is InChI=1S/C26H25ClN8O2/c1-13-24(34-11-17-7-21(17)26(34)37)29-10-22(30-13)14(2)35-12-23(32-33-35)25(36)31-19-5-16(6-19)20-8-18(27)4-3-15(20)9-28/h3-4,8,10,12,14,16-17,19,21H,5-7,11H2,1-2H3,(H,31,36)/t14-,16?,17+,19?,21+/m0/s1. The molecule has 1 saturated heterocycles. The molecular formula is C26H25ClN8O2. The van der Waals surface area contributed by atoms with Gasteiger partial charge in [-0.2, -0.15) is 5.26 Å². The number of rotatable bonds is 6. The molecule has 1 aliphatic heterocycles. The van der Waals surface area contributed by atoms with Crippen LogP contribution in [0.15, 0.2) is 30.6 Å². The first-order chi connectivity index (χ1) is 17.8. The average molecular weight is 517 g/mol. The molecule has 6 rings (SSSR count). The number of halogens is 1. The van der Waals surface area contributed by atoms with Crippen LogP contribution in [-0.2, 0) is 4.79 Å². The molecule has 2 aromatic heterocycles. The topological polar surface area (TPSA) is 130 Å². The van der Waals surface area contributed by atoms with Crippen molar-refractivity contribution in [3.63, 3.8) is 0 Å². The highest BCUT2D eigenvalue weighted by Crippen LogP contribution is 2.47. The predicted octanol–water partition coefficient (Wildman–Crippen LogP) is 3.17. The number of nitrogens with one attached hydrogen (secondary N) is 1. The van der Waals surface area contributed by atoms with Gasteiger partial charge >= 0.3 is 0 Å². The Bertz CT molecular complexity index is 1460. The number of hydrogen-bond acceptors (Lipinski definition) is 7. The van der Waals surface area contributed by atoms with E-state index in [1.165, 1.54) is 0 Å². The normalized spacial score (nSPS) is 24.7. The van der Waals surface area contributed by atoms with Gasteiger partial charge in [-0.25, -0.2) is 9.67 Å². The molecule has 188 valence electrons. The van der Waals surface area contributed by atoms with Gasteiger partial charge in [-0.3, -0.25) is 19.5 Å². The van der Waals surface area contributed by atoms with Crippen molar-refractivity contribution in [3.8, 4) is 6.07 Å². The summed E-state index contributed by atoms with van der Waals surface area (Å²) < 4.78 is 1.59. The van der Waals surface area contributed by atoms with E-state index in [0.29, 0.717) is 33.7 Å². The third-order valence-corrected chi connectivity index (χ3v) is 7.97. The van der Waals surface area contributed by atoms with Crippen LogP contribution in [0.2, 0.25) is 5.02 Å². The van der Waals surface area contributed by atoms with Crippen molar-refractivity contribution in [3.05, 3.63) is 63.8 Å². The molecule has 2 saturated carbocycles. The van der Waals surface area contributed by atoms with Crippen LogP contribution in [0.5, 0.6) is 0 Å². The van der Waals surface area contributed by atoms with Gasteiger partial charge in [-0.1, -0.05) is 16.8 Å². The van der Waals surface area contributed by atoms with E-state index in [-0.39, 0.29) is 41.4 Å². The molecule has 11 heteroatoms. The van der Waals surface area contributed by atoms with Gasteiger partial charge in [0.25, 0.3) is 5.91 Å². The van der Waals surface area contributed by atoms with E-state index in [2.05, 4.69) is 31.7 Å². The number of anilines is 1. The maximum Gasteiger partial charge on any atom is 0.273 e. The lowest BCUT2D eigenvalue weighted by Crippen LogP contribution is -2.43. The van der Waals surface area contributed by atoms with Crippen molar-refractivity contribution >= 4 is 29.2 Å². The number of fused-ring (bicyclic) bond motifs is 1. The molecule has 0 radical (unpaired) electrons. The smallest absolute Gasteiger partial charge is 0.273 e. The second kappa shape index (κ2) is 8.92.